The Kier molecular flexibility index (Phi) is 6.37. The number of methoxy groups -OCH3 is 1. The van der Waals surface area contributed by atoms with Gasteiger partial charge in [0.25, 0.3) is 5.91 Å². The normalized spacial score (nSPS) is 19.7. The number of carbonyl (C=O) groups excluding carboxylic acids is 2. The molecular weight excluding hydrogens is 336 g/mol. The Morgan fingerprint density at radius 1 is 1.27 bits per heavy atom. The molecule has 26 heavy (non-hydrogen) atoms. The summed E-state index contributed by atoms with van der Waals surface area (Å²) in [5.74, 6) is -1.37. The number of carboxylic acid groups (broad SMARTS) is 1. The number of hydrogen-bond acceptors (Lipinski definition) is 4. The molecule has 0 saturated carbocycles. The molecule has 7 heteroatoms. The molecule has 7 nitrogen and oxygen atoms in total. The van der Waals surface area contributed by atoms with Crippen molar-refractivity contribution in [1.82, 2.24) is 9.80 Å². The van der Waals surface area contributed by atoms with E-state index < -0.39 is 12.0 Å². The summed E-state index contributed by atoms with van der Waals surface area (Å²) in [6.07, 6.45) is 0.0209. The first kappa shape index (κ1) is 19.9. The van der Waals surface area contributed by atoms with Gasteiger partial charge in [-0.15, -0.1) is 0 Å². The predicted molar refractivity (Wildman–Crippen MR) is 95.6 cm³/mol. The lowest BCUT2D eigenvalue weighted by Gasteiger charge is -2.22. The highest BCUT2D eigenvalue weighted by molar-refractivity contribution is 5.97. The van der Waals surface area contributed by atoms with Crippen LogP contribution in [0.4, 0.5) is 0 Å². The minimum absolute atomic E-state index is 0.0529. The van der Waals surface area contributed by atoms with E-state index in [4.69, 9.17) is 4.74 Å². The van der Waals surface area contributed by atoms with Crippen LogP contribution in [0.3, 0.4) is 0 Å². The Hall–Kier alpha value is -2.41. The summed E-state index contributed by atoms with van der Waals surface area (Å²) in [6.45, 7) is 4.42. The van der Waals surface area contributed by atoms with Crippen LogP contribution >= 0.6 is 0 Å². The minimum atomic E-state index is -1.02. The van der Waals surface area contributed by atoms with Crippen molar-refractivity contribution >= 4 is 17.8 Å². The van der Waals surface area contributed by atoms with E-state index in [1.165, 1.54) is 12.0 Å². The van der Waals surface area contributed by atoms with Crippen LogP contribution in [0.25, 0.3) is 0 Å². The quantitative estimate of drug-likeness (QED) is 0.831. The van der Waals surface area contributed by atoms with Gasteiger partial charge >= 0.3 is 5.97 Å². The first-order valence-electron chi connectivity index (χ1n) is 8.65. The van der Waals surface area contributed by atoms with Gasteiger partial charge in [0.15, 0.2) is 0 Å². The van der Waals surface area contributed by atoms with Gasteiger partial charge < -0.3 is 19.6 Å². The van der Waals surface area contributed by atoms with Gasteiger partial charge in [-0.25, -0.2) is 4.79 Å². The maximum atomic E-state index is 12.7. The van der Waals surface area contributed by atoms with E-state index in [-0.39, 0.29) is 36.8 Å². The molecule has 1 aromatic rings. The van der Waals surface area contributed by atoms with Crippen molar-refractivity contribution in [2.75, 3.05) is 20.7 Å². The minimum Gasteiger partial charge on any atom is -0.480 e. The van der Waals surface area contributed by atoms with Crippen LogP contribution in [-0.2, 0) is 20.9 Å². The Morgan fingerprint density at radius 2 is 1.88 bits per heavy atom. The second-order valence-electron chi connectivity index (χ2n) is 6.95. The summed E-state index contributed by atoms with van der Waals surface area (Å²) in [5, 5.41) is 9.35. The maximum absolute atomic E-state index is 12.7. The number of rotatable bonds is 6. The summed E-state index contributed by atoms with van der Waals surface area (Å²) < 4.78 is 5.22. The molecule has 1 aliphatic rings. The number of amides is 2. The Morgan fingerprint density at radius 3 is 2.38 bits per heavy atom. The highest BCUT2D eigenvalue weighted by Crippen LogP contribution is 2.23. The van der Waals surface area contributed by atoms with Crippen molar-refractivity contribution in [2.24, 2.45) is 5.92 Å². The van der Waals surface area contributed by atoms with Gasteiger partial charge in [0.1, 0.15) is 6.04 Å². The third kappa shape index (κ3) is 4.40. The summed E-state index contributed by atoms with van der Waals surface area (Å²) in [6, 6.07) is 6.05. The van der Waals surface area contributed by atoms with Crippen LogP contribution in [-0.4, -0.2) is 65.5 Å². The second kappa shape index (κ2) is 8.31. The van der Waals surface area contributed by atoms with E-state index >= 15 is 0 Å². The summed E-state index contributed by atoms with van der Waals surface area (Å²) in [5.41, 5.74) is 1.33. The molecule has 2 rings (SSSR count). The van der Waals surface area contributed by atoms with Gasteiger partial charge in [-0.2, -0.15) is 0 Å². The number of benzene rings is 1. The van der Waals surface area contributed by atoms with Crippen LogP contribution < -0.4 is 0 Å². The molecule has 0 aromatic heterocycles. The highest BCUT2D eigenvalue weighted by atomic mass is 16.5. The van der Waals surface area contributed by atoms with Gasteiger partial charge in [-0.1, -0.05) is 26.0 Å². The van der Waals surface area contributed by atoms with Crippen molar-refractivity contribution in [3.63, 3.8) is 0 Å². The zero-order valence-electron chi connectivity index (χ0n) is 15.6. The largest absolute Gasteiger partial charge is 0.480 e. The molecule has 0 aliphatic carbocycles. The lowest BCUT2D eigenvalue weighted by atomic mass is 10.1. The predicted octanol–water partition coefficient (Wildman–Crippen LogP) is 1.62. The van der Waals surface area contributed by atoms with E-state index in [0.29, 0.717) is 12.1 Å². The fourth-order valence-corrected chi connectivity index (χ4v) is 3.14. The average Bonchev–Trinajstić information content (AvgIpc) is 3.05. The number of hydrogen-bond donors (Lipinski definition) is 1. The van der Waals surface area contributed by atoms with Crippen LogP contribution in [0.15, 0.2) is 24.3 Å². The van der Waals surface area contributed by atoms with Crippen LogP contribution in [0.5, 0.6) is 0 Å². The van der Waals surface area contributed by atoms with E-state index in [9.17, 15) is 19.5 Å². The highest BCUT2D eigenvalue weighted by Gasteiger charge is 2.40. The van der Waals surface area contributed by atoms with E-state index in [2.05, 4.69) is 0 Å². The number of aliphatic carboxylic acids is 1. The molecule has 2 unspecified atom stereocenters. The Balaban J connectivity index is 2.08. The third-order valence-corrected chi connectivity index (χ3v) is 4.63. The zero-order valence-corrected chi connectivity index (χ0v) is 15.6. The molecule has 1 aliphatic heterocycles. The Bertz CT molecular complexity index is 671. The van der Waals surface area contributed by atoms with Gasteiger partial charge in [0, 0.05) is 45.1 Å². The number of nitrogens with zero attached hydrogens (tertiary/aromatic N) is 2. The van der Waals surface area contributed by atoms with E-state index in [1.54, 1.807) is 36.2 Å². The number of likely N-dealkylation sites (tertiary alicyclic amines) is 1. The molecular formula is C19H26N2O5. The molecule has 2 atom stereocenters. The number of carbonyl (C=O) groups is 3. The Labute approximate surface area is 153 Å². The molecule has 0 bridgehead atoms. The second-order valence-corrected chi connectivity index (χ2v) is 6.95. The summed E-state index contributed by atoms with van der Waals surface area (Å²) in [4.78, 5) is 39.1. The fourth-order valence-electron chi connectivity index (χ4n) is 3.14. The monoisotopic (exact) mass is 362 g/mol. The summed E-state index contributed by atoms with van der Waals surface area (Å²) in [7, 11) is 3.26. The zero-order chi connectivity index (χ0) is 19.4. The fraction of sp³-hybridized carbons (Fsp3) is 0.526. The molecule has 2 amide bonds. The molecule has 142 valence electrons. The van der Waals surface area contributed by atoms with E-state index in [1.807, 2.05) is 13.8 Å². The van der Waals surface area contributed by atoms with Gasteiger partial charge in [-0.05, 0) is 17.7 Å². The van der Waals surface area contributed by atoms with Gasteiger partial charge in [0.2, 0.25) is 5.91 Å². The van der Waals surface area contributed by atoms with Crippen molar-refractivity contribution in [3.05, 3.63) is 35.4 Å². The first-order valence-corrected chi connectivity index (χ1v) is 8.65. The lowest BCUT2D eigenvalue weighted by Crippen LogP contribution is -2.40. The third-order valence-electron chi connectivity index (χ3n) is 4.63. The van der Waals surface area contributed by atoms with Crippen molar-refractivity contribution in [2.45, 2.75) is 39.0 Å². The summed E-state index contributed by atoms with van der Waals surface area (Å²) >= 11 is 0. The molecule has 1 fully saturated rings. The smallest absolute Gasteiger partial charge is 0.326 e. The molecule has 0 radical (unpaired) electrons. The molecule has 1 N–H and O–H groups in total. The lowest BCUT2D eigenvalue weighted by molar-refractivity contribution is -0.141. The van der Waals surface area contributed by atoms with E-state index in [0.717, 1.165) is 5.56 Å². The van der Waals surface area contributed by atoms with Crippen molar-refractivity contribution in [3.8, 4) is 0 Å². The molecule has 1 heterocycles. The topological polar surface area (TPSA) is 87.2 Å². The maximum Gasteiger partial charge on any atom is 0.326 e. The van der Waals surface area contributed by atoms with Crippen LogP contribution in [0, 0.1) is 5.92 Å². The molecule has 0 spiro atoms. The van der Waals surface area contributed by atoms with Gasteiger partial charge in [0.05, 0.1) is 6.10 Å². The number of ether oxygens (including phenoxy) is 1. The van der Waals surface area contributed by atoms with Crippen LogP contribution in [0.1, 0.15) is 36.2 Å². The number of carboxylic acids is 1. The van der Waals surface area contributed by atoms with Gasteiger partial charge in [-0.3, -0.25) is 9.59 Å². The molecule has 1 aromatic carbocycles. The first-order chi connectivity index (χ1) is 12.2. The van der Waals surface area contributed by atoms with Crippen LogP contribution in [0.2, 0.25) is 0 Å². The van der Waals surface area contributed by atoms with Crippen molar-refractivity contribution in [1.29, 1.82) is 0 Å². The van der Waals surface area contributed by atoms with Crippen molar-refractivity contribution < 1.29 is 24.2 Å². The average molecular weight is 362 g/mol. The SMILES string of the molecule is COC1CC(C(=O)O)N(C(=O)c2ccc(CN(C)C(=O)C(C)C)cc2)C1. The standard InChI is InChI=1S/C19H26N2O5/c1-12(2)17(22)20(3)10-13-5-7-14(8-6-13)18(23)21-11-15(26-4)9-16(21)19(24)25/h5-8,12,15-16H,9-11H2,1-4H3,(H,24,25). The molecule has 1 saturated heterocycles.